The zero-order valence-corrected chi connectivity index (χ0v) is 16.0. The van der Waals surface area contributed by atoms with Crippen molar-refractivity contribution in [3.05, 3.63) is 102 Å². The fourth-order valence-electron chi connectivity index (χ4n) is 5.38. The van der Waals surface area contributed by atoms with Gasteiger partial charge in [-0.2, -0.15) is 0 Å². The summed E-state index contributed by atoms with van der Waals surface area (Å²) in [4.78, 5) is 0. The molecule has 28 heavy (non-hydrogen) atoms. The average molecular weight is 361 g/mol. The molecule has 4 aromatic rings. The predicted molar refractivity (Wildman–Crippen MR) is 119 cm³/mol. The molecule has 0 bridgehead atoms. The molecular formula is C27H23N. The highest BCUT2D eigenvalue weighted by molar-refractivity contribution is 6.03. The first-order valence-electron chi connectivity index (χ1n) is 10.2. The molecule has 1 aliphatic carbocycles. The summed E-state index contributed by atoms with van der Waals surface area (Å²) in [5, 5.41) is 9.36. The van der Waals surface area contributed by atoms with Crippen molar-refractivity contribution in [3.8, 4) is 0 Å². The maximum absolute atomic E-state index is 3.96. The van der Waals surface area contributed by atoms with E-state index in [0.29, 0.717) is 17.9 Å². The number of anilines is 1. The lowest BCUT2D eigenvalue weighted by Crippen LogP contribution is -2.29. The van der Waals surface area contributed by atoms with Crippen LogP contribution in [-0.4, -0.2) is 0 Å². The van der Waals surface area contributed by atoms with Crippen molar-refractivity contribution in [2.24, 2.45) is 5.92 Å². The van der Waals surface area contributed by atoms with Gasteiger partial charge in [0, 0.05) is 11.6 Å². The molecule has 1 aliphatic heterocycles. The zero-order chi connectivity index (χ0) is 18.7. The summed E-state index contributed by atoms with van der Waals surface area (Å²) in [6, 6.07) is 27.2. The molecule has 2 aliphatic rings. The minimum atomic E-state index is 0.311. The number of benzene rings is 4. The first kappa shape index (κ1) is 15.9. The minimum Gasteiger partial charge on any atom is -0.378 e. The molecule has 0 radical (unpaired) electrons. The van der Waals surface area contributed by atoms with E-state index in [9.17, 15) is 0 Å². The van der Waals surface area contributed by atoms with Gasteiger partial charge >= 0.3 is 0 Å². The molecule has 1 nitrogen and oxygen atoms in total. The van der Waals surface area contributed by atoms with E-state index in [4.69, 9.17) is 0 Å². The summed E-state index contributed by atoms with van der Waals surface area (Å²) in [6.45, 7) is 2.19. The van der Waals surface area contributed by atoms with E-state index in [-0.39, 0.29) is 0 Å². The van der Waals surface area contributed by atoms with Crippen LogP contribution in [0.15, 0.2) is 84.9 Å². The van der Waals surface area contributed by atoms with E-state index in [2.05, 4.69) is 97.2 Å². The lowest BCUT2D eigenvalue weighted by molar-refractivity contribution is 0.429. The highest BCUT2D eigenvalue weighted by Crippen LogP contribution is 2.52. The molecule has 1 heterocycles. The normalized spacial score (nSPS) is 22.8. The minimum absolute atomic E-state index is 0.311. The molecule has 0 aromatic heterocycles. The maximum Gasteiger partial charge on any atom is 0.0566 e. The van der Waals surface area contributed by atoms with Gasteiger partial charge in [-0.15, -0.1) is 0 Å². The number of allylic oxidation sites excluding steroid dienone is 2. The Labute approximate surface area is 165 Å². The standard InChI is InChI=1S/C27H23N/c1-17-13-14-25-24(15-17)22-11-6-12-23(22)27(28-25)26-20-9-4-2-7-18(20)16-19-8-3-5-10-21(19)26/h2-11,13-16,22-23,27-28H,12H2,1H3/t22-,23+,27-/m1/s1. The van der Waals surface area contributed by atoms with Gasteiger partial charge in [-0.25, -0.2) is 0 Å². The van der Waals surface area contributed by atoms with Gasteiger partial charge in [0.2, 0.25) is 0 Å². The number of hydrogen-bond donors (Lipinski definition) is 1. The second kappa shape index (κ2) is 5.97. The van der Waals surface area contributed by atoms with Crippen LogP contribution in [0.4, 0.5) is 5.69 Å². The van der Waals surface area contributed by atoms with Crippen LogP contribution in [0.1, 0.15) is 35.1 Å². The monoisotopic (exact) mass is 361 g/mol. The molecule has 0 unspecified atom stereocenters. The van der Waals surface area contributed by atoms with Crippen LogP contribution >= 0.6 is 0 Å². The van der Waals surface area contributed by atoms with Crippen LogP contribution in [0.3, 0.4) is 0 Å². The van der Waals surface area contributed by atoms with Crippen LogP contribution in [0.2, 0.25) is 0 Å². The second-order valence-electron chi connectivity index (χ2n) is 8.30. The van der Waals surface area contributed by atoms with E-state index >= 15 is 0 Å². The van der Waals surface area contributed by atoms with Crippen molar-refractivity contribution >= 4 is 27.2 Å². The van der Waals surface area contributed by atoms with Crippen LogP contribution in [0, 0.1) is 12.8 Å². The van der Waals surface area contributed by atoms with Crippen molar-refractivity contribution in [1.82, 2.24) is 0 Å². The van der Waals surface area contributed by atoms with Gasteiger partial charge in [0.1, 0.15) is 0 Å². The van der Waals surface area contributed by atoms with Crippen molar-refractivity contribution in [2.75, 3.05) is 5.32 Å². The molecule has 136 valence electrons. The second-order valence-corrected chi connectivity index (χ2v) is 8.30. The molecule has 1 N–H and O–H groups in total. The van der Waals surface area contributed by atoms with E-state index in [1.54, 1.807) is 0 Å². The Hall–Kier alpha value is -3.06. The van der Waals surface area contributed by atoms with Gasteiger partial charge in [-0.1, -0.05) is 78.4 Å². The fraction of sp³-hybridized carbons (Fsp3) is 0.185. The molecule has 0 saturated heterocycles. The largest absolute Gasteiger partial charge is 0.378 e. The van der Waals surface area contributed by atoms with Gasteiger partial charge in [0.15, 0.2) is 0 Å². The molecule has 4 aromatic carbocycles. The fourth-order valence-corrected chi connectivity index (χ4v) is 5.38. The van der Waals surface area contributed by atoms with Gasteiger partial charge in [-0.3, -0.25) is 0 Å². The van der Waals surface area contributed by atoms with E-state index in [1.165, 1.54) is 43.9 Å². The maximum atomic E-state index is 3.96. The van der Waals surface area contributed by atoms with Crippen molar-refractivity contribution in [1.29, 1.82) is 0 Å². The van der Waals surface area contributed by atoms with E-state index < -0.39 is 0 Å². The zero-order valence-electron chi connectivity index (χ0n) is 16.0. The summed E-state index contributed by atoms with van der Waals surface area (Å²) in [6.07, 6.45) is 5.95. The molecule has 3 atom stereocenters. The summed E-state index contributed by atoms with van der Waals surface area (Å²) in [5.41, 5.74) is 5.55. The summed E-state index contributed by atoms with van der Waals surface area (Å²) >= 11 is 0. The number of nitrogens with one attached hydrogen (secondary N) is 1. The van der Waals surface area contributed by atoms with Crippen molar-refractivity contribution in [3.63, 3.8) is 0 Å². The van der Waals surface area contributed by atoms with E-state index in [0.717, 1.165) is 6.42 Å². The first-order chi connectivity index (χ1) is 13.8. The molecular weight excluding hydrogens is 338 g/mol. The Morgan fingerprint density at radius 1 is 0.821 bits per heavy atom. The Morgan fingerprint density at radius 3 is 2.29 bits per heavy atom. The lowest BCUT2D eigenvalue weighted by Gasteiger charge is -2.38. The van der Waals surface area contributed by atoms with E-state index in [1.807, 2.05) is 0 Å². The molecule has 0 fully saturated rings. The third-order valence-corrected chi connectivity index (χ3v) is 6.64. The Morgan fingerprint density at radius 2 is 1.54 bits per heavy atom. The van der Waals surface area contributed by atoms with Crippen LogP contribution < -0.4 is 5.32 Å². The highest BCUT2D eigenvalue weighted by atomic mass is 15.0. The number of aryl methyl sites for hydroxylation is 1. The molecule has 6 rings (SSSR count). The van der Waals surface area contributed by atoms with Crippen molar-refractivity contribution in [2.45, 2.75) is 25.3 Å². The Bertz CT molecular complexity index is 1200. The third kappa shape index (κ3) is 2.26. The topological polar surface area (TPSA) is 12.0 Å². The third-order valence-electron chi connectivity index (χ3n) is 6.64. The van der Waals surface area contributed by atoms with Crippen molar-refractivity contribution < 1.29 is 0 Å². The highest BCUT2D eigenvalue weighted by Gasteiger charge is 2.39. The molecule has 0 amide bonds. The van der Waals surface area contributed by atoms with Crippen LogP contribution in [0.5, 0.6) is 0 Å². The predicted octanol–water partition coefficient (Wildman–Crippen LogP) is 7.13. The smallest absolute Gasteiger partial charge is 0.0566 e. The first-order valence-corrected chi connectivity index (χ1v) is 10.2. The average Bonchev–Trinajstić information content (AvgIpc) is 3.22. The molecule has 0 spiro atoms. The lowest BCUT2D eigenvalue weighted by atomic mass is 9.75. The van der Waals surface area contributed by atoms with Crippen LogP contribution in [0.25, 0.3) is 21.5 Å². The summed E-state index contributed by atoms with van der Waals surface area (Å²) in [5.74, 6) is 1.06. The van der Waals surface area contributed by atoms with Gasteiger partial charge in [0.05, 0.1) is 6.04 Å². The number of fused-ring (bicyclic) bond motifs is 5. The van der Waals surface area contributed by atoms with Gasteiger partial charge < -0.3 is 5.32 Å². The summed E-state index contributed by atoms with van der Waals surface area (Å²) in [7, 11) is 0. The van der Waals surface area contributed by atoms with Crippen LogP contribution in [-0.2, 0) is 0 Å². The summed E-state index contributed by atoms with van der Waals surface area (Å²) < 4.78 is 0. The molecule has 0 saturated carbocycles. The number of hydrogen-bond acceptors (Lipinski definition) is 1. The Kier molecular flexibility index (Phi) is 3.40. The number of rotatable bonds is 1. The van der Waals surface area contributed by atoms with Gasteiger partial charge in [0.25, 0.3) is 0 Å². The SMILES string of the molecule is Cc1ccc2c(c1)[C@@H]1C=CC[C@@H]1[C@H](c1c3ccccc3cc3ccccc13)N2. The quantitative estimate of drug-likeness (QED) is 0.281. The molecule has 1 heteroatoms. The van der Waals surface area contributed by atoms with Gasteiger partial charge in [-0.05, 0) is 64.1 Å². The Balaban J connectivity index is 1.64.